The number of rotatable bonds is 6. The number of para-hydroxylation sites is 1. The Hall–Kier alpha value is -1.27. The molecular formula is C13H22N2O3S. The third-order valence-corrected chi connectivity index (χ3v) is 4.11. The Labute approximate surface area is 115 Å². The highest BCUT2D eigenvalue weighted by Gasteiger charge is 2.18. The largest absolute Gasteiger partial charge is 0.396 e. The highest BCUT2D eigenvalue weighted by atomic mass is 32.2. The predicted molar refractivity (Wildman–Crippen MR) is 78.1 cm³/mol. The molecule has 1 atom stereocenters. The fourth-order valence-electron chi connectivity index (χ4n) is 1.77. The van der Waals surface area contributed by atoms with Gasteiger partial charge >= 0.3 is 0 Å². The van der Waals surface area contributed by atoms with Crippen LogP contribution in [0.4, 0.5) is 11.4 Å². The molecule has 0 aromatic heterocycles. The van der Waals surface area contributed by atoms with E-state index in [0.717, 1.165) is 6.26 Å². The van der Waals surface area contributed by atoms with Crippen LogP contribution in [0.3, 0.4) is 0 Å². The average Bonchev–Trinajstić information content (AvgIpc) is 2.29. The SMILES string of the molecule is COCC(Nc1cccc(S(C)(=O)=O)c1N)C(C)C. The smallest absolute Gasteiger partial charge is 0.177 e. The molecule has 19 heavy (non-hydrogen) atoms. The number of nitrogen functional groups attached to an aromatic ring is 1. The number of sulfone groups is 1. The van der Waals surface area contributed by atoms with Gasteiger partial charge in [-0.3, -0.25) is 0 Å². The first-order valence-corrected chi connectivity index (χ1v) is 8.00. The maximum absolute atomic E-state index is 11.6. The van der Waals surface area contributed by atoms with Crippen LogP contribution in [0.25, 0.3) is 0 Å². The van der Waals surface area contributed by atoms with Crippen molar-refractivity contribution in [2.24, 2.45) is 5.92 Å². The predicted octanol–water partition coefficient (Wildman–Crippen LogP) is 1.76. The van der Waals surface area contributed by atoms with Gasteiger partial charge in [0, 0.05) is 13.4 Å². The number of hydrogen-bond acceptors (Lipinski definition) is 5. The summed E-state index contributed by atoms with van der Waals surface area (Å²) in [6, 6.07) is 5.03. The second kappa shape index (κ2) is 6.25. The highest BCUT2D eigenvalue weighted by molar-refractivity contribution is 7.90. The van der Waals surface area contributed by atoms with E-state index in [0.29, 0.717) is 18.2 Å². The maximum atomic E-state index is 11.6. The van der Waals surface area contributed by atoms with Crippen LogP contribution in [0.5, 0.6) is 0 Å². The zero-order chi connectivity index (χ0) is 14.6. The summed E-state index contributed by atoms with van der Waals surface area (Å²) < 4.78 is 28.4. The van der Waals surface area contributed by atoms with Crippen molar-refractivity contribution in [2.75, 3.05) is 31.0 Å². The van der Waals surface area contributed by atoms with Gasteiger partial charge in [-0.05, 0) is 18.1 Å². The molecule has 0 fully saturated rings. The summed E-state index contributed by atoms with van der Waals surface area (Å²) in [7, 11) is -1.69. The van der Waals surface area contributed by atoms with Gasteiger partial charge < -0.3 is 15.8 Å². The lowest BCUT2D eigenvalue weighted by Gasteiger charge is -2.24. The Balaban J connectivity index is 3.08. The van der Waals surface area contributed by atoms with E-state index in [1.807, 2.05) is 0 Å². The quantitative estimate of drug-likeness (QED) is 0.779. The molecule has 1 rings (SSSR count). The van der Waals surface area contributed by atoms with Crippen LogP contribution in [-0.2, 0) is 14.6 Å². The van der Waals surface area contributed by atoms with Crippen LogP contribution in [0.2, 0.25) is 0 Å². The van der Waals surface area contributed by atoms with E-state index in [2.05, 4.69) is 19.2 Å². The minimum atomic E-state index is -3.32. The van der Waals surface area contributed by atoms with Gasteiger partial charge in [0.15, 0.2) is 9.84 Å². The molecule has 6 heteroatoms. The molecule has 3 N–H and O–H groups in total. The van der Waals surface area contributed by atoms with Crippen molar-refractivity contribution in [1.29, 1.82) is 0 Å². The van der Waals surface area contributed by atoms with Crippen LogP contribution >= 0.6 is 0 Å². The summed E-state index contributed by atoms with van der Waals surface area (Å²) in [6.45, 7) is 4.65. The molecule has 0 saturated heterocycles. The van der Waals surface area contributed by atoms with Gasteiger partial charge in [0.05, 0.1) is 28.9 Å². The van der Waals surface area contributed by atoms with E-state index in [-0.39, 0.29) is 16.6 Å². The molecule has 0 radical (unpaired) electrons. The number of anilines is 2. The molecule has 1 aromatic carbocycles. The summed E-state index contributed by atoms with van der Waals surface area (Å²) in [5.74, 6) is 0.334. The fourth-order valence-corrected chi connectivity index (χ4v) is 2.61. The first kappa shape index (κ1) is 15.8. The third-order valence-electron chi connectivity index (χ3n) is 2.96. The van der Waals surface area contributed by atoms with Crippen LogP contribution in [0.1, 0.15) is 13.8 Å². The molecule has 5 nitrogen and oxygen atoms in total. The molecule has 0 aliphatic heterocycles. The lowest BCUT2D eigenvalue weighted by atomic mass is 10.0. The monoisotopic (exact) mass is 286 g/mol. The van der Waals surface area contributed by atoms with Gasteiger partial charge in [0.25, 0.3) is 0 Å². The second-order valence-electron chi connectivity index (χ2n) is 4.94. The van der Waals surface area contributed by atoms with E-state index in [9.17, 15) is 8.42 Å². The molecule has 0 amide bonds. The van der Waals surface area contributed by atoms with Gasteiger partial charge in [0.1, 0.15) is 0 Å². The van der Waals surface area contributed by atoms with Crippen molar-refractivity contribution in [3.63, 3.8) is 0 Å². The first-order chi connectivity index (χ1) is 8.77. The standard InChI is InChI=1S/C13H22N2O3S/c1-9(2)11(8-18-3)15-10-6-5-7-12(13(10)14)19(4,16)17/h5-7,9,11,15H,8,14H2,1-4H3. The Morgan fingerprint density at radius 1 is 1.37 bits per heavy atom. The lowest BCUT2D eigenvalue weighted by molar-refractivity contribution is 0.171. The summed E-state index contributed by atoms with van der Waals surface area (Å²) in [6.07, 6.45) is 1.15. The topological polar surface area (TPSA) is 81.4 Å². The Kier molecular flexibility index (Phi) is 5.20. The van der Waals surface area contributed by atoms with Crippen molar-refractivity contribution < 1.29 is 13.2 Å². The molecule has 108 valence electrons. The lowest BCUT2D eigenvalue weighted by Crippen LogP contribution is -2.30. The Bertz CT molecular complexity index is 527. The summed E-state index contributed by atoms with van der Waals surface area (Å²) in [4.78, 5) is 0.150. The molecule has 0 aliphatic rings. The highest BCUT2D eigenvalue weighted by Crippen LogP contribution is 2.27. The number of benzene rings is 1. The van der Waals surface area contributed by atoms with Crippen LogP contribution in [-0.4, -0.2) is 34.4 Å². The molecule has 0 aliphatic carbocycles. The van der Waals surface area contributed by atoms with Crippen molar-refractivity contribution in [2.45, 2.75) is 24.8 Å². The zero-order valence-electron chi connectivity index (χ0n) is 11.8. The van der Waals surface area contributed by atoms with Gasteiger partial charge in [-0.15, -0.1) is 0 Å². The zero-order valence-corrected chi connectivity index (χ0v) is 12.6. The molecule has 1 aromatic rings. The van der Waals surface area contributed by atoms with Crippen molar-refractivity contribution in [1.82, 2.24) is 0 Å². The van der Waals surface area contributed by atoms with E-state index in [4.69, 9.17) is 10.5 Å². The van der Waals surface area contributed by atoms with E-state index < -0.39 is 9.84 Å². The average molecular weight is 286 g/mol. The normalized spacial score (nSPS) is 13.5. The van der Waals surface area contributed by atoms with Gasteiger partial charge in [-0.2, -0.15) is 0 Å². The van der Waals surface area contributed by atoms with Crippen molar-refractivity contribution in [3.05, 3.63) is 18.2 Å². The Morgan fingerprint density at radius 3 is 2.47 bits per heavy atom. The molecule has 0 spiro atoms. The summed E-state index contributed by atoms with van der Waals surface area (Å²) in [5.41, 5.74) is 6.81. The number of nitrogens with one attached hydrogen (secondary N) is 1. The van der Waals surface area contributed by atoms with Crippen LogP contribution in [0, 0.1) is 5.92 Å². The number of hydrogen-bond donors (Lipinski definition) is 2. The number of methoxy groups -OCH3 is 1. The van der Waals surface area contributed by atoms with Gasteiger partial charge in [0.2, 0.25) is 0 Å². The molecule has 0 saturated carbocycles. The van der Waals surface area contributed by atoms with Crippen molar-refractivity contribution in [3.8, 4) is 0 Å². The van der Waals surface area contributed by atoms with E-state index in [1.54, 1.807) is 19.2 Å². The van der Waals surface area contributed by atoms with Gasteiger partial charge in [-0.25, -0.2) is 8.42 Å². The molecule has 1 unspecified atom stereocenters. The number of ether oxygens (including phenoxy) is 1. The fraction of sp³-hybridized carbons (Fsp3) is 0.538. The summed E-state index contributed by atoms with van der Waals surface area (Å²) in [5, 5.41) is 3.25. The second-order valence-corrected chi connectivity index (χ2v) is 6.92. The molecule has 0 heterocycles. The number of nitrogens with two attached hydrogens (primary N) is 1. The van der Waals surface area contributed by atoms with Crippen LogP contribution < -0.4 is 11.1 Å². The summed E-state index contributed by atoms with van der Waals surface area (Å²) >= 11 is 0. The molecular weight excluding hydrogens is 264 g/mol. The third kappa shape index (κ3) is 4.11. The maximum Gasteiger partial charge on any atom is 0.177 e. The first-order valence-electron chi connectivity index (χ1n) is 6.11. The van der Waals surface area contributed by atoms with Crippen molar-refractivity contribution >= 4 is 21.2 Å². The van der Waals surface area contributed by atoms with Gasteiger partial charge in [-0.1, -0.05) is 19.9 Å². The minimum Gasteiger partial charge on any atom is -0.396 e. The van der Waals surface area contributed by atoms with E-state index >= 15 is 0 Å². The van der Waals surface area contributed by atoms with Crippen LogP contribution in [0.15, 0.2) is 23.1 Å². The minimum absolute atomic E-state index is 0.0714. The Morgan fingerprint density at radius 2 is 2.00 bits per heavy atom. The van der Waals surface area contributed by atoms with E-state index in [1.165, 1.54) is 6.07 Å². The molecule has 0 bridgehead atoms.